The summed E-state index contributed by atoms with van der Waals surface area (Å²) in [6.07, 6.45) is 0.395. The fourth-order valence-electron chi connectivity index (χ4n) is 1.26. The minimum Gasteiger partial charge on any atom is -0.326 e. The van der Waals surface area contributed by atoms with E-state index in [4.69, 9.17) is 11.6 Å². The first kappa shape index (κ1) is 15.5. The standard InChI is InChI=1S/C14H19ClN2O2/c1-5-12(18)16-9-6-7-10(15)11(8-9)17-13(19)14(2,3)4/h6-8H,5H2,1-4H3,(H,16,18)(H,17,19). The highest BCUT2D eigenvalue weighted by atomic mass is 35.5. The summed E-state index contributed by atoms with van der Waals surface area (Å²) in [5, 5.41) is 5.92. The predicted molar refractivity (Wildman–Crippen MR) is 78.5 cm³/mol. The van der Waals surface area contributed by atoms with Crippen LogP contribution in [-0.2, 0) is 9.59 Å². The number of halogens is 1. The van der Waals surface area contributed by atoms with Gasteiger partial charge in [0.2, 0.25) is 11.8 Å². The van der Waals surface area contributed by atoms with Gasteiger partial charge in [-0.2, -0.15) is 0 Å². The molecule has 2 N–H and O–H groups in total. The molecule has 19 heavy (non-hydrogen) atoms. The van der Waals surface area contributed by atoms with Gasteiger partial charge in [-0.25, -0.2) is 0 Å². The van der Waals surface area contributed by atoms with Gasteiger partial charge in [-0.1, -0.05) is 39.3 Å². The molecule has 2 amide bonds. The number of nitrogens with one attached hydrogen (secondary N) is 2. The normalized spacial score (nSPS) is 11.0. The molecule has 0 radical (unpaired) electrons. The summed E-state index contributed by atoms with van der Waals surface area (Å²) in [6, 6.07) is 4.99. The van der Waals surface area contributed by atoms with Crippen LogP contribution in [-0.4, -0.2) is 11.8 Å². The summed E-state index contributed by atoms with van der Waals surface area (Å²) >= 11 is 6.03. The first-order valence-corrected chi connectivity index (χ1v) is 6.52. The lowest BCUT2D eigenvalue weighted by Crippen LogP contribution is -2.27. The van der Waals surface area contributed by atoms with Crippen LogP contribution in [0.4, 0.5) is 11.4 Å². The van der Waals surface area contributed by atoms with Crippen LogP contribution in [0.2, 0.25) is 5.02 Å². The molecule has 0 heterocycles. The average Bonchev–Trinajstić information content (AvgIpc) is 2.32. The maximum absolute atomic E-state index is 11.9. The Morgan fingerprint density at radius 2 is 1.84 bits per heavy atom. The molecule has 0 bridgehead atoms. The molecule has 0 saturated heterocycles. The molecule has 0 spiro atoms. The molecule has 0 aromatic heterocycles. The molecule has 0 fully saturated rings. The van der Waals surface area contributed by atoms with Crippen LogP contribution in [0, 0.1) is 5.41 Å². The number of hydrogen-bond acceptors (Lipinski definition) is 2. The molecule has 0 aliphatic heterocycles. The molecule has 0 unspecified atom stereocenters. The lowest BCUT2D eigenvalue weighted by Gasteiger charge is -2.18. The first-order valence-electron chi connectivity index (χ1n) is 6.15. The molecule has 104 valence electrons. The second-order valence-corrected chi connectivity index (χ2v) is 5.71. The number of carbonyl (C=O) groups excluding carboxylic acids is 2. The smallest absolute Gasteiger partial charge is 0.229 e. The highest BCUT2D eigenvalue weighted by Gasteiger charge is 2.22. The Kier molecular flexibility index (Phi) is 4.95. The van der Waals surface area contributed by atoms with Gasteiger partial charge in [0.25, 0.3) is 0 Å². The lowest BCUT2D eigenvalue weighted by atomic mass is 9.95. The number of rotatable bonds is 3. The first-order chi connectivity index (χ1) is 8.74. The van der Waals surface area contributed by atoms with Gasteiger partial charge in [0, 0.05) is 17.5 Å². The molecule has 5 heteroatoms. The molecular formula is C14H19ClN2O2. The van der Waals surface area contributed by atoms with Crippen LogP contribution >= 0.6 is 11.6 Å². The molecule has 0 aliphatic rings. The molecule has 4 nitrogen and oxygen atoms in total. The van der Waals surface area contributed by atoms with Gasteiger partial charge in [-0.05, 0) is 18.2 Å². The highest BCUT2D eigenvalue weighted by molar-refractivity contribution is 6.34. The van der Waals surface area contributed by atoms with E-state index in [0.29, 0.717) is 22.8 Å². The predicted octanol–water partition coefficient (Wildman–Crippen LogP) is 3.67. The molecule has 0 atom stereocenters. The van der Waals surface area contributed by atoms with Crippen LogP contribution in [0.25, 0.3) is 0 Å². The van der Waals surface area contributed by atoms with Crippen LogP contribution in [0.5, 0.6) is 0 Å². The summed E-state index contributed by atoms with van der Waals surface area (Å²) in [5.74, 6) is -0.219. The minimum absolute atomic E-state index is 0.0876. The number of hydrogen-bond donors (Lipinski definition) is 2. The zero-order valence-corrected chi connectivity index (χ0v) is 12.4. The van der Waals surface area contributed by atoms with Gasteiger partial charge in [0.1, 0.15) is 0 Å². The van der Waals surface area contributed by atoms with Gasteiger partial charge in [-0.3, -0.25) is 9.59 Å². The Bertz CT molecular complexity index is 493. The minimum atomic E-state index is -0.508. The van der Waals surface area contributed by atoms with Crippen molar-refractivity contribution in [1.29, 1.82) is 0 Å². The topological polar surface area (TPSA) is 58.2 Å². The second-order valence-electron chi connectivity index (χ2n) is 5.30. The third-order valence-corrected chi connectivity index (χ3v) is 2.83. The van der Waals surface area contributed by atoms with Crippen LogP contribution in [0.1, 0.15) is 34.1 Å². The Morgan fingerprint density at radius 3 is 2.37 bits per heavy atom. The van der Waals surface area contributed by atoms with Crippen molar-refractivity contribution in [2.45, 2.75) is 34.1 Å². The Hall–Kier alpha value is -1.55. The van der Waals surface area contributed by atoms with E-state index in [1.807, 2.05) is 20.8 Å². The highest BCUT2D eigenvalue weighted by Crippen LogP contribution is 2.27. The van der Waals surface area contributed by atoms with Crippen molar-refractivity contribution < 1.29 is 9.59 Å². The second kappa shape index (κ2) is 6.06. The quantitative estimate of drug-likeness (QED) is 0.888. The van der Waals surface area contributed by atoms with E-state index in [1.54, 1.807) is 25.1 Å². The van der Waals surface area contributed by atoms with Crippen molar-refractivity contribution in [2.75, 3.05) is 10.6 Å². The summed E-state index contributed by atoms with van der Waals surface area (Å²) in [7, 11) is 0. The van der Waals surface area contributed by atoms with Crippen molar-refractivity contribution in [2.24, 2.45) is 5.41 Å². The van der Waals surface area contributed by atoms with E-state index in [-0.39, 0.29) is 11.8 Å². The number of amides is 2. The van der Waals surface area contributed by atoms with Crippen LogP contribution in [0.3, 0.4) is 0 Å². The number of anilines is 2. The molecular weight excluding hydrogens is 264 g/mol. The summed E-state index contributed by atoms with van der Waals surface area (Å²) < 4.78 is 0. The van der Waals surface area contributed by atoms with E-state index in [0.717, 1.165) is 0 Å². The largest absolute Gasteiger partial charge is 0.326 e. The monoisotopic (exact) mass is 282 g/mol. The number of benzene rings is 1. The van der Waals surface area contributed by atoms with E-state index in [2.05, 4.69) is 10.6 Å². The van der Waals surface area contributed by atoms with Gasteiger partial charge in [0.05, 0.1) is 10.7 Å². The molecule has 1 aromatic carbocycles. The number of carbonyl (C=O) groups is 2. The Morgan fingerprint density at radius 1 is 1.21 bits per heavy atom. The summed E-state index contributed by atoms with van der Waals surface area (Å²) in [5.41, 5.74) is 0.599. The van der Waals surface area contributed by atoms with Crippen molar-refractivity contribution >= 4 is 34.8 Å². The maximum atomic E-state index is 11.9. The zero-order valence-electron chi connectivity index (χ0n) is 11.6. The van der Waals surface area contributed by atoms with Gasteiger partial charge in [0.15, 0.2) is 0 Å². The summed E-state index contributed by atoms with van der Waals surface area (Å²) in [6.45, 7) is 7.23. The van der Waals surface area contributed by atoms with Crippen molar-refractivity contribution in [3.8, 4) is 0 Å². The van der Waals surface area contributed by atoms with Gasteiger partial charge < -0.3 is 10.6 Å². The van der Waals surface area contributed by atoms with E-state index < -0.39 is 5.41 Å². The van der Waals surface area contributed by atoms with E-state index in [9.17, 15) is 9.59 Å². The van der Waals surface area contributed by atoms with Crippen molar-refractivity contribution in [1.82, 2.24) is 0 Å². The third-order valence-electron chi connectivity index (χ3n) is 2.50. The van der Waals surface area contributed by atoms with Crippen molar-refractivity contribution in [3.63, 3.8) is 0 Å². The van der Waals surface area contributed by atoms with Crippen LogP contribution in [0.15, 0.2) is 18.2 Å². The Balaban J connectivity index is 2.92. The third kappa shape index (κ3) is 4.56. The molecule has 0 saturated carbocycles. The van der Waals surface area contributed by atoms with Gasteiger partial charge >= 0.3 is 0 Å². The maximum Gasteiger partial charge on any atom is 0.229 e. The zero-order chi connectivity index (χ0) is 14.6. The van der Waals surface area contributed by atoms with Crippen molar-refractivity contribution in [3.05, 3.63) is 23.2 Å². The summed E-state index contributed by atoms with van der Waals surface area (Å²) in [4.78, 5) is 23.2. The van der Waals surface area contributed by atoms with E-state index in [1.165, 1.54) is 0 Å². The van der Waals surface area contributed by atoms with Gasteiger partial charge in [-0.15, -0.1) is 0 Å². The molecule has 1 aromatic rings. The SMILES string of the molecule is CCC(=O)Nc1ccc(Cl)c(NC(=O)C(C)(C)C)c1. The molecule has 0 aliphatic carbocycles. The average molecular weight is 283 g/mol. The lowest BCUT2D eigenvalue weighted by molar-refractivity contribution is -0.123. The fourth-order valence-corrected chi connectivity index (χ4v) is 1.42. The Labute approximate surface area is 118 Å². The van der Waals surface area contributed by atoms with E-state index >= 15 is 0 Å². The van der Waals surface area contributed by atoms with Crippen LogP contribution < -0.4 is 10.6 Å². The molecule has 1 rings (SSSR count). The fraction of sp³-hybridized carbons (Fsp3) is 0.429.